The third-order valence-corrected chi connectivity index (χ3v) is 6.79. The third-order valence-electron chi connectivity index (χ3n) is 5.28. The lowest BCUT2D eigenvalue weighted by atomic mass is 10.1. The molecule has 0 saturated carbocycles. The first-order chi connectivity index (χ1) is 16.2. The number of aryl methyl sites for hydroxylation is 1. The summed E-state index contributed by atoms with van der Waals surface area (Å²) in [5, 5.41) is 3.44. The third kappa shape index (κ3) is 7.78. The van der Waals surface area contributed by atoms with E-state index in [1.165, 1.54) is 9.87 Å². The van der Waals surface area contributed by atoms with E-state index in [1.54, 1.807) is 42.5 Å². The number of halogens is 1. The molecule has 8 heteroatoms. The Labute approximate surface area is 206 Å². The van der Waals surface area contributed by atoms with Crippen molar-refractivity contribution in [2.45, 2.75) is 32.4 Å². The molecule has 0 radical (unpaired) electrons. The van der Waals surface area contributed by atoms with Crippen LogP contribution in [0.3, 0.4) is 0 Å². The summed E-state index contributed by atoms with van der Waals surface area (Å²) in [6.45, 7) is 1.96. The lowest BCUT2D eigenvalue weighted by molar-refractivity contribution is -0.123. The van der Waals surface area contributed by atoms with Gasteiger partial charge >= 0.3 is 0 Å². The van der Waals surface area contributed by atoms with E-state index in [1.807, 2.05) is 31.2 Å². The van der Waals surface area contributed by atoms with Crippen molar-refractivity contribution >= 4 is 33.2 Å². The summed E-state index contributed by atoms with van der Waals surface area (Å²) in [6.07, 6.45) is 2.87. The first kappa shape index (κ1) is 25.6. The van der Waals surface area contributed by atoms with Gasteiger partial charge in [-0.2, -0.15) is 0 Å². The number of amides is 1. The van der Waals surface area contributed by atoms with Crippen molar-refractivity contribution in [2.24, 2.45) is 0 Å². The summed E-state index contributed by atoms with van der Waals surface area (Å²) in [7, 11) is -3.54. The van der Waals surface area contributed by atoms with E-state index in [-0.39, 0.29) is 25.1 Å². The van der Waals surface area contributed by atoms with Gasteiger partial charge in [0, 0.05) is 11.1 Å². The average molecular weight is 501 g/mol. The minimum atomic E-state index is -3.54. The molecular formula is C26H29ClN2O4S. The molecule has 0 saturated heterocycles. The minimum Gasteiger partial charge on any atom is -0.484 e. The molecule has 34 heavy (non-hydrogen) atoms. The van der Waals surface area contributed by atoms with Gasteiger partial charge in [-0.3, -0.25) is 9.10 Å². The standard InChI is InChI=1S/C26H29ClN2O4S/c1-20(12-13-21-8-4-3-5-9-21)28-26(30)19-33-24-16-14-23(15-17-24)29(34(2,31)32)18-22-10-6-7-11-25(22)27/h3-11,14-17,20H,12-13,18-19H2,1-2H3,(H,28,30). The van der Waals surface area contributed by atoms with Crippen LogP contribution < -0.4 is 14.4 Å². The SMILES string of the molecule is CC(CCc1ccccc1)NC(=O)COc1ccc(N(Cc2ccccc2Cl)S(C)(=O)=O)cc1. The van der Waals surface area contributed by atoms with Gasteiger partial charge in [-0.05, 0) is 61.2 Å². The maximum absolute atomic E-state index is 12.4. The normalized spacial score (nSPS) is 12.1. The molecule has 3 aromatic carbocycles. The first-order valence-corrected chi connectivity index (χ1v) is 13.2. The smallest absolute Gasteiger partial charge is 0.258 e. The number of anilines is 1. The van der Waals surface area contributed by atoms with Crippen molar-refractivity contribution in [3.8, 4) is 5.75 Å². The van der Waals surface area contributed by atoms with Gasteiger partial charge in [0.05, 0.1) is 18.5 Å². The lowest BCUT2D eigenvalue weighted by Crippen LogP contribution is -2.36. The van der Waals surface area contributed by atoms with Crippen molar-refractivity contribution in [1.82, 2.24) is 5.32 Å². The van der Waals surface area contributed by atoms with Gasteiger partial charge < -0.3 is 10.1 Å². The summed E-state index contributed by atoms with van der Waals surface area (Å²) in [5.41, 5.74) is 2.42. The number of benzene rings is 3. The Balaban J connectivity index is 1.53. The Morgan fingerprint density at radius 3 is 2.29 bits per heavy atom. The second kappa shape index (κ2) is 11.9. The highest BCUT2D eigenvalue weighted by molar-refractivity contribution is 7.92. The van der Waals surface area contributed by atoms with Crippen LogP contribution in [0.25, 0.3) is 0 Å². The molecule has 0 aliphatic carbocycles. The topological polar surface area (TPSA) is 75.7 Å². The molecule has 1 N–H and O–H groups in total. The molecule has 180 valence electrons. The molecule has 6 nitrogen and oxygen atoms in total. The van der Waals surface area contributed by atoms with Crippen LogP contribution in [-0.2, 0) is 27.8 Å². The van der Waals surface area contributed by atoms with Crippen molar-refractivity contribution in [3.63, 3.8) is 0 Å². The molecular weight excluding hydrogens is 472 g/mol. The molecule has 0 heterocycles. The lowest BCUT2D eigenvalue weighted by Gasteiger charge is -2.23. The van der Waals surface area contributed by atoms with Gasteiger partial charge in [0.2, 0.25) is 10.0 Å². The molecule has 0 spiro atoms. The quantitative estimate of drug-likeness (QED) is 0.409. The monoisotopic (exact) mass is 500 g/mol. The van der Waals surface area contributed by atoms with Crippen LogP contribution >= 0.6 is 11.6 Å². The van der Waals surface area contributed by atoms with Crippen molar-refractivity contribution in [3.05, 3.63) is 95.0 Å². The van der Waals surface area contributed by atoms with Crippen molar-refractivity contribution < 1.29 is 17.9 Å². The van der Waals surface area contributed by atoms with E-state index in [9.17, 15) is 13.2 Å². The largest absolute Gasteiger partial charge is 0.484 e. The van der Waals surface area contributed by atoms with E-state index in [0.717, 1.165) is 19.1 Å². The maximum Gasteiger partial charge on any atom is 0.258 e. The van der Waals surface area contributed by atoms with Crippen molar-refractivity contribution in [2.75, 3.05) is 17.2 Å². The first-order valence-electron chi connectivity index (χ1n) is 11.0. The molecule has 0 aromatic heterocycles. The molecule has 3 rings (SSSR count). The Kier molecular flexibility index (Phi) is 8.96. The summed E-state index contributed by atoms with van der Waals surface area (Å²) in [5.74, 6) is 0.267. The Hall–Kier alpha value is -3.03. The fourth-order valence-corrected chi connectivity index (χ4v) is 4.53. The fourth-order valence-electron chi connectivity index (χ4n) is 3.46. The zero-order valence-corrected chi connectivity index (χ0v) is 20.9. The van der Waals surface area contributed by atoms with Gasteiger partial charge in [0.15, 0.2) is 6.61 Å². The van der Waals surface area contributed by atoms with Crippen LogP contribution in [0.4, 0.5) is 5.69 Å². The van der Waals surface area contributed by atoms with Crippen LogP contribution in [0.1, 0.15) is 24.5 Å². The van der Waals surface area contributed by atoms with E-state index in [4.69, 9.17) is 16.3 Å². The van der Waals surface area contributed by atoms with Crippen LogP contribution in [-0.4, -0.2) is 33.2 Å². The molecule has 3 aromatic rings. The number of rotatable bonds is 11. The van der Waals surface area contributed by atoms with Gasteiger partial charge in [-0.1, -0.05) is 60.1 Å². The highest BCUT2D eigenvalue weighted by Gasteiger charge is 2.19. The van der Waals surface area contributed by atoms with Crippen LogP contribution in [0.15, 0.2) is 78.9 Å². The number of nitrogens with one attached hydrogen (secondary N) is 1. The predicted molar refractivity (Wildman–Crippen MR) is 137 cm³/mol. The molecule has 0 aliphatic rings. The predicted octanol–water partition coefficient (Wildman–Crippen LogP) is 4.82. The molecule has 0 fully saturated rings. The number of hydrogen-bond acceptors (Lipinski definition) is 4. The van der Waals surface area contributed by atoms with E-state index < -0.39 is 10.0 Å². The van der Waals surface area contributed by atoms with Crippen LogP contribution in [0, 0.1) is 0 Å². The number of carbonyl (C=O) groups excluding carboxylic acids is 1. The van der Waals surface area contributed by atoms with E-state index in [2.05, 4.69) is 17.4 Å². The van der Waals surface area contributed by atoms with Crippen LogP contribution in [0.2, 0.25) is 5.02 Å². The Morgan fingerprint density at radius 2 is 1.65 bits per heavy atom. The summed E-state index contributed by atoms with van der Waals surface area (Å²) in [4.78, 5) is 12.2. The number of sulfonamides is 1. The Bertz CT molecular complexity index is 1180. The Morgan fingerprint density at radius 1 is 1.00 bits per heavy atom. The van der Waals surface area contributed by atoms with Crippen LogP contribution in [0.5, 0.6) is 5.75 Å². The zero-order chi connectivity index (χ0) is 24.6. The second-order valence-corrected chi connectivity index (χ2v) is 10.5. The molecule has 1 amide bonds. The van der Waals surface area contributed by atoms with Gasteiger partial charge in [-0.25, -0.2) is 8.42 Å². The maximum atomic E-state index is 12.4. The average Bonchev–Trinajstić information content (AvgIpc) is 2.81. The van der Waals surface area contributed by atoms with E-state index >= 15 is 0 Å². The number of hydrogen-bond donors (Lipinski definition) is 1. The van der Waals surface area contributed by atoms with Gasteiger partial charge in [0.25, 0.3) is 5.91 Å². The highest BCUT2D eigenvalue weighted by Crippen LogP contribution is 2.26. The number of nitrogens with zero attached hydrogens (tertiary/aromatic N) is 1. The summed E-state index contributed by atoms with van der Waals surface area (Å²) < 4.78 is 31.7. The van der Waals surface area contributed by atoms with Gasteiger partial charge in [-0.15, -0.1) is 0 Å². The molecule has 0 bridgehead atoms. The van der Waals surface area contributed by atoms with Crippen molar-refractivity contribution in [1.29, 1.82) is 0 Å². The molecule has 1 unspecified atom stereocenters. The molecule has 1 atom stereocenters. The summed E-state index contributed by atoms with van der Waals surface area (Å²) in [6, 6.07) is 23.9. The molecule has 0 aliphatic heterocycles. The fraction of sp³-hybridized carbons (Fsp3) is 0.269. The zero-order valence-electron chi connectivity index (χ0n) is 19.3. The second-order valence-electron chi connectivity index (χ2n) is 8.14. The summed E-state index contributed by atoms with van der Waals surface area (Å²) >= 11 is 6.21. The highest BCUT2D eigenvalue weighted by atomic mass is 35.5. The number of ether oxygens (including phenoxy) is 1. The number of carbonyl (C=O) groups is 1. The van der Waals surface area contributed by atoms with E-state index in [0.29, 0.717) is 22.0 Å². The van der Waals surface area contributed by atoms with Gasteiger partial charge in [0.1, 0.15) is 5.75 Å². The minimum absolute atomic E-state index is 0.0202.